The number of halogens is 4. The molecule has 2 amide bonds. The quantitative estimate of drug-likeness (QED) is 0.792. The summed E-state index contributed by atoms with van der Waals surface area (Å²) in [4.78, 5) is 23.7. The average Bonchev–Trinajstić information content (AvgIpc) is 2.55. The molecular formula is C16H9ClF3N3O2. The molecule has 0 radical (unpaired) electrons. The number of hydrogen-bond acceptors (Lipinski definition) is 3. The van der Waals surface area contributed by atoms with E-state index in [4.69, 9.17) is 16.9 Å². The summed E-state index contributed by atoms with van der Waals surface area (Å²) in [5, 5.41) is 12.9. The summed E-state index contributed by atoms with van der Waals surface area (Å²) >= 11 is 5.75. The van der Waals surface area contributed by atoms with Crippen molar-refractivity contribution >= 4 is 34.8 Å². The molecule has 25 heavy (non-hydrogen) atoms. The Morgan fingerprint density at radius 1 is 1.04 bits per heavy atom. The topological polar surface area (TPSA) is 82.0 Å². The van der Waals surface area contributed by atoms with Crippen LogP contribution in [0.5, 0.6) is 0 Å². The second-order valence-corrected chi connectivity index (χ2v) is 5.20. The van der Waals surface area contributed by atoms with Gasteiger partial charge in [0.05, 0.1) is 27.9 Å². The van der Waals surface area contributed by atoms with Crippen LogP contribution in [-0.2, 0) is 15.8 Å². The Balaban J connectivity index is 2.13. The molecule has 0 aliphatic carbocycles. The molecule has 0 saturated heterocycles. The van der Waals surface area contributed by atoms with Crippen LogP contribution in [0.15, 0.2) is 42.5 Å². The fraction of sp³-hybridized carbons (Fsp3) is 0.0625. The van der Waals surface area contributed by atoms with Gasteiger partial charge in [0.25, 0.3) is 0 Å². The van der Waals surface area contributed by atoms with E-state index in [1.807, 2.05) is 11.4 Å². The first-order chi connectivity index (χ1) is 11.7. The zero-order valence-corrected chi connectivity index (χ0v) is 13.1. The van der Waals surface area contributed by atoms with Gasteiger partial charge in [-0.05, 0) is 36.4 Å². The summed E-state index contributed by atoms with van der Waals surface area (Å²) < 4.78 is 38.1. The molecule has 2 aromatic carbocycles. The number of alkyl halides is 3. The summed E-state index contributed by atoms with van der Waals surface area (Å²) in [6, 6.07) is 9.99. The van der Waals surface area contributed by atoms with Gasteiger partial charge in [-0.25, -0.2) is 0 Å². The van der Waals surface area contributed by atoms with Gasteiger partial charge in [0.15, 0.2) is 0 Å². The van der Waals surface area contributed by atoms with Crippen molar-refractivity contribution in [1.82, 2.24) is 0 Å². The lowest BCUT2D eigenvalue weighted by atomic mass is 10.2. The Labute approximate surface area is 145 Å². The van der Waals surface area contributed by atoms with Crippen LogP contribution < -0.4 is 10.6 Å². The van der Waals surface area contributed by atoms with Crippen molar-refractivity contribution in [2.24, 2.45) is 0 Å². The number of amides is 2. The standard InChI is InChI=1S/C16H9ClF3N3O2/c17-12-5-4-10(16(18,19)20)7-13(12)23-15(25)14(24)22-11-3-1-2-9(6-11)8-21/h1-7H,(H,22,24)(H,23,25). The lowest BCUT2D eigenvalue weighted by Crippen LogP contribution is -2.29. The zero-order chi connectivity index (χ0) is 18.6. The smallest absolute Gasteiger partial charge is 0.318 e. The molecule has 9 heteroatoms. The van der Waals surface area contributed by atoms with Crippen molar-refractivity contribution in [3.63, 3.8) is 0 Å². The molecule has 2 aromatic rings. The third-order valence-corrected chi connectivity index (χ3v) is 3.33. The van der Waals surface area contributed by atoms with Gasteiger partial charge in [-0.1, -0.05) is 17.7 Å². The Kier molecular flexibility index (Phi) is 5.29. The maximum atomic E-state index is 12.7. The fourth-order valence-electron chi connectivity index (χ4n) is 1.83. The maximum Gasteiger partial charge on any atom is 0.416 e. The number of benzene rings is 2. The van der Waals surface area contributed by atoms with E-state index in [0.29, 0.717) is 6.07 Å². The second-order valence-electron chi connectivity index (χ2n) is 4.79. The summed E-state index contributed by atoms with van der Waals surface area (Å²) in [5.41, 5.74) is -0.912. The van der Waals surface area contributed by atoms with Gasteiger partial charge < -0.3 is 10.6 Å². The molecule has 0 unspecified atom stereocenters. The number of carbonyl (C=O) groups is 2. The predicted molar refractivity (Wildman–Crippen MR) is 84.9 cm³/mol. The van der Waals surface area contributed by atoms with E-state index in [-0.39, 0.29) is 22.0 Å². The molecule has 0 aromatic heterocycles. The van der Waals surface area contributed by atoms with Crippen LogP contribution in [0.1, 0.15) is 11.1 Å². The number of anilines is 2. The maximum absolute atomic E-state index is 12.7. The number of hydrogen-bond donors (Lipinski definition) is 2. The van der Waals surface area contributed by atoms with Gasteiger partial charge in [-0.2, -0.15) is 18.4 Å². The minimum atomic E-state index is -4.62. The van der Waals surface area contributed by atoms with Gasteiger partial charge in [0.2, 0.25) is 0 Å². The first-order valence-electron chi connectivity index (χ1n) is 6.70. The Morgan fingerprint density at radius 2 is 1.72 bits per heavy atom. The number of rotatable bonds is 2. The van der Waals surface area contributed by atoms with Crippen molar-refractivity contribution in [3.8, 4) is 6.07 Å². The summed E-state index contributed by atoms with van der Waals surface area (Å²) in [6.45, 7) is 0. The molecule has 0 atom stereocenters. The van der Waals surface area contributed by atoms with E-state index in [1.54, 1.807) is 0 Å². The van der Waals surface area contributed by atoms with Crippen LogP contribution >= 0.6 is 11.6 Å². The lowest BCUT2D eigenvalue weighted by molar-refractivity contribution is -0.137. The van der Waals surface area contributed by atoms with Gasteiger partial charge in [0, 0.05) is 5.69 Å². The molecule has 2 N–H and O–H groups in total. The van der Waals surface area contributed by atoms with Gasteiger partial charge >= 0.3 is 18.0 Å². The molecule has 0 aliphatic heterocycles. The zero-order valence-electron chi connectivity index (χ0n) is 12.3. The number of nitriles is 1. The van der Waals surface area contributed by atoms with Crippen molar-refractivity contribution in [2.45, 2.75) is 6.18 Å². The Hall–Kier alpha value is -3.05. The Morgan fingerprint density at radius 3 is 2.36 bits per heavy atom. The van der Waals surface area contributed by atoms with Gasteiger partial charge in [0.1, 0.15) is 0 Å². The Bertz CT molecular complexity index is 876. The highest BCUT2D eigenvalue weighted by molar-refractivity contribution is 6.44. The number of carbonyl (C=O) groups excluding carboxylic acids is 2. The van der Waals surface area contributed by atoms with Crippen molar-refractivity contribution in [1.29, 1.82) is 5.26 Å². The molecule has 0 aliphatic rings. The molecule has 0 heterocycles. The van der Waals surface area contributed by atoms with E-state index in [0.717, 1.165) is 12.1 Å². The molecule has 0 bridgehead atoms. The largest absolute Gasteiger partial charge is 0.416 e. The van der Waals surface area contributed by atoms with Crippen molar-refractivity contribution in [2.75, 3.05) is 10.6 Å². The van der Waals surface area contributed by atoms with E-state index in [9.17, 15) is 22.8 Å². The van der Waals surface area contributed by atoms with Crippen LogP contribution in [0.2, 0.25) is 5.02 Å². The van der Waals surface area contributed by atoms with E-state index in [2.05, 4.69) is 5.32 Å². The van der Waals surface area contributed by atoms with Gasteiger partial charge in [-0.3, -0.25) is 9.59 Å². The summed E-state index contributed by atoms with van der Waals surface area (Å²) in [5.74, 6) is -2.33. The van der Waals surface area contributed by atoms with Crippen LogP contribution in [0.3, 0.4) is 0 Å². The predicted octanol–water partition coefficient (Wildman–Crippen LogP) is 3.81. The van der Waals surface area contributed by atoms with E-state index >= 15 is 0 Å². The third-order valence-electron chi connectivity index (χ3n) is 3.00. The third kappa shape index (κ3) is 4.71. The second kappa shape index (κ2) is 7.23. The number of nitrogens with one attached hydrogen (secondary N) is 2. The molecule has 0 fully saturated rings. The number of nitrogens with zero attached hydrogens (tertiary/aromatic N) is 1. The molecule has 0 spiro atoms. The highest BCUT2D eigenvalue weighted by Gasteiger charge is 2.31. The average molecular weight is 368 g/mol. The normalized spacial score (nSPS) is 10.7. The molecule has 128 valence electrons. The molecule has 5 nitrogen and oxygen atoms in total. The molecular weight excluding hydrogens is 359 g/mol. The minimum Gasteiger partial charge on any atom is -0.318 e. The SMILES string of the molecule is N#Cc1cccc(NC(=O)C(=O)Nc2cc(C(F)(F)F)ccc2Cl)c1. The molecule has 2 rings (SSSR count). The van der Waals surface area contributed by atoms with Crippen LogP contribution in [0.25, 0.3) is 0 Å². The lowest BCUT2D eigenvalue weighted by Gasteiger charge is -2.11. The first-order valence-corrected chi connectivity index (χ1v) is 7.08. The molecule has 0 saturated carbocycles. The highest BCUT2D eigenvalue weighted by Crippen LogP contribution is 2.33. The van der Waals surface area contributed by atoms with E-state index < -0.39 is 23.6 Å². The first kappa shape index (κ1) is 18.3. The van der Waals surface area contributed by atoms with Crippen LogP contribution in [0.4, 0.5) is 24.5 Å². The van der Waals surface area contributed by atoms with Gasteiger partial charge in [-0.15, -0.1) is 0 Å². The van der Waals surface area contributed by atoms with Crippen molar-refractivity contribution in [3.05, 3.63) is 58.6 Å². The van der Waals surface area contributed by atoms with E-state index in [1.165, 1.54) is 24.3 Å². The van der Waals surface area contributed by atoms with Crippen LogP contribution in [-0.4, -0.2) is 11.8 Å². The minimum absolute atomic E-state index is 0.152. The summed E-state index contributed by atoms with van der Waals surface area (Å²) in [6.07, 6.45) is -4.62. The van der Waals surface area contributed by atoms with Crippen molar-refractivity contribution < 1.29 is 22.8 Å². The summed E-state index contributed by atoms with van der Waals surface area (Å²) in [7, 11) is 0. The fourth-order valence-corrected chi connectivity index (χ4v) is 2.00. The highest BCUT2D eigenvalue weighted by atomic mass is 35.5. The van der Waals surface area contributed by atoms with Crippen LogP contribution in [0, 0.1) is 11.3 Å². The monoisotopic (exact) mass is 367 g/mol.